The molecule has 0 amide bonds. The van der Waals surface area contributed by atoms with Crippen molar-refractivity contribution >= 4 is 29.9 Å². The van der Waals surface area contributed by atoms with E-state index in [4.69, 9.17) is 13.9 Å². The van der Waals surface area contributed by atoms with Gasteiger partial charge in [-0.3, -0.25) is 0 Å². The Hall–Kier alpha value is -1.94. The highest BCUT2D eigenvalue weighted by atomic mass is 127. The van der Waals surface area contributed by atoms with Gasteiger partial charge in [0.25, 0.3) is 0 Å². The van der Waals surface area contributed by atoms with E-state index in [9.17, 15) is 5.11 Å². The SMILES string of the molecule is CCNC(=NCC(C)(O)c1ccco1)NCCCc1ccc(OC)c(OC)c1.I. The summed E-state index contributed by atoms with van der Waals surface area (Å²) in [6.07, 6.45) is 3.37. The van der Waals surface area contributed by atoms with Crippen LogP contribution >= 0.6 is 24.0 Å². The van der Waals surface area contributed by atoms with Gasteiger partial charge in [0.15, 0.2) is 17.5 Å². The van der Waals surface area contributed by atoms with Crippen molar-refractivity contribution in [2.45, 2.75) is 32.3 Å². The van der Waals surface area contributed by atoms with Crippen molar-refractivity contribution in [1.29, 1.82) is 0 Å². The van der Waals surface area contributed by atoms with Gasteiger partial charge in [0.05, 0.1) is 27.0 Å². The molecule has 0 bridgehead atoms. The molecule has 0 radical (unpaired) electrons. The molecule has 1 aromatic carbocycles. The highest BCUT2D eigenvalue weighted by Gasteiger charge is 2.26. The predicted molar refractivity (Wildman–Crippen MR) is 126 cm³/mol. The molecule has 2 rings (SSSR count). The van der Waals surface area contributed by atoms with Crippen molar-refractivity contribution in [2.24, 2.45) is 4.99 Å². The number of halogens is 1. The van der Waals surface area contributed by atoms with E-state index in [1.54, 1.807) is 39.5 Å². The summed E-state index contributed by atoms with van der Waals surface area (Å²) in [7, 11) is 3.27. The fourth-order valence-electron chi connectivity index (χ4n) is 2.77. The van der Waals surface area contributed by atoms with Crippen LogP contribution in [0, 0.1) is 0 Å². The van der Waals surface area contributed by atoms with Gasteiger partial charge < -0.3 is 29.6 Å². The van der Waals surface area contributed by atoms with Crippen LogP contribution in [0.2, 0.25) is 0 Å². The van der Waals surface area contributed by atoms with E-state index in [2.05, 4.69) is 15.6 Å². The molecular formula is C21H32IN3O4. The Balaban J connectivity index is 0.00000420. The molecule has 2 aromatic rings. The number of furan rings is 1. The monoisotopic (exact) mass is 517 g/mol. The summed E-state index contributed by atoms with van der Waals surface area (Å²) in [5.41, 5.74) is 0.0352. The van der Waals surface area contributed by atoms with Crippen LogP contribution in [0.15, 0.2) is 46.0 Å². The van der Waals surface area contributed by atoms with Crippen molar-refractivity contribution in [3.8, 4) is 11.5 Å². The van der Waals surface area contributed by atoms with Crippen LogP contribution in [0.3, 0.4) is 0 Å². The summed E-state index contributed by atoms with van der Waals surface area (Å²) in [4.78, 5) is 4.48. The number of nitrogens with zero attached hydrogens (tertiary/aromatic N) is 1. The normalized spacial score (nSPS) is 13.2. The Morgan fingerprint density at radius 1 is 1.17 bits per heavy atom. The van der Waals surface area contributed by atoms with E-state index in [1.807, 2.05) is 25.1 Å². The molecule has 29 heavy (non-hydrogen) atoms. The van der Waals surface area contributed by atoms with Gasteiger partial charge in [0, 0.05) is 13.1 Å². The highest BCUT2D eigenvalue weighted by Crippen LogP contribution is 2.27. The third kappa shape index (κ3) is 7.77. The van der Waals surface area contributed by atoms with Crippen LogP contribution in [0.25, 0.3) is 0 Å². The van der Waals surface area contributed by atoms with E-state index in [0.717, 1.165) is 37.4 Å². The van der Waals surface area contributed by atoms with E-state index in [-0.39, 0.29) is 30.5 Å². The van der Waals surface area contributed by atoms with Gasteiger partial charge in [-0.15, -0.1) is 24.0 Å². The van der Waals surface area contributed by atoms with Gasteiger partial charge >= 0.3 is 0 Å². The lowest BCUT2D eigenvalue weighted by Gasteiger charge is -2.19. The van der Waals surface area contributed by atoms with Crippen LogP contribution in [0.1, 0.15) is 31.6 Å². The molecule has 1 aromatic heterocycles. The standard InChI is InChI=1S/C21H31N3O4.HI/c1-5-22-20(24-15-21(2,25)19-9-7-13-28-19)23-12-6-8-16-10-11-17(26-3)18(14-16)27-4;/h7,9-11,13-14,25H,5-6,8,12,15H2,1-4H3,(H2,22,23,24);1H. The van der Waals surface area contributed by atoms with Gasteiger partial charge in [0.2, 0.25) is 0 Å². The lowest BCUT2D eigenvalue weighted by atomic mass is 10.0. The Morgan fingerprint density at radius 3 is 2.55 bits per heavy atom. The zero-order valence-corrected chi connectivity index (χ0v) is 19.9. The predicted octanol–water partition coefficient (Wildman–Crippen LogP) is 3.31. The molecule has 8 heteroatoms. The maximum absolute atomic E-state index is 10.5. The number of guanidine groups is 1. The molecule has 0 aliphatic heterocycles. The first-order valence-electron chi connectivity index (χ1n) is 9.49. The molecule has 0 saturated carbocycles. The van der Waals surface area contributed by atoms with Crippen molar-refractivity contribution in [1.82, 2.24) is 10.6 Å². The number of nitrogens with one attached hydrogen (secondary N) is 2. The molecule has 7 nitrogen and oxygen atoms in total. The lowest BCUT2D eigenvalue weighted by molar-refractivity contribution is 0.0437. The average molecular weight is 517 g/mol. The molecule has 1 atom stereocenters. The minimum Gasteiger partial charge on any atom is -0.493 e. The number of rotatable bonds is 10. The van der Waals surface area contributed by atoms with E-state index in [1.165, 1.54) is 5.56 Å². The zero-order valence-electron chi connectivity index (χ0n) is 17.5. The quantitative estimate of drug-likeness (QED) is 0.194. The summed E-state index contributed by atoms with van der Waals surface area (Å²) < 4.78 is 15.9. The zero-order chi connectivity index (χ0) is 20.4. The number of aryl methyl sites for hydroxylation is 1. The number of benzene rings is 1. The molecule has 1 unspecified atom stereocenters. The summed E-state index contributed by atoms with van der Waals surface area (Å²) in [6, 6.07) is 9.47. The van der Waals surface area contributed by atoms with Crippen LogP contribution in [0.5, 0.6) is 11.5 Å². The van der Waals surface area contributed by atoms with Gasteiger partial charge in [-0.05, 0) is 56.5 Å². The number of ether oxygens (including phenoxy) is 2. The van der Waals surface area contributed by atoms with E-state index >= 15 is 0 Å². The fourth-order valence-corrected chi connectivity index (χ4v) is 2.77. The van der Waals surface area contributed by atoms with Crippen molar-refractivity contribution in [3.05, 3.63) is 47.9 Å². The summed E-state index contributed by atoms with van der Waals surface area (Å²) in [5.74, 6) is 2.64. The number of hydrogen-bond donors (Lipinski definition) is 3. The Labute approximate surface area is 189 Å². The maximum atomic E-state index is 10.5. The second kappa shape index (κ2) is 12.6. The van der Waals surface area contributed by atoms with Gasteiger partial charge in [-0.2, -0.15) is 0 Å². The minimum absolute atomic E-state index is 0. The molecule has 0 spiro atoms. The first-order chi connectivity index (χ1) is 13.5. The summed E-state index contributed by atoms with van der Waals surface area (Å²) >= 11 is 0. The van der Waals surface area contributed by atoms with Gasteiger partial charge in [-0.1, -0.05) is 6.07 Å². The summed E-state index contributed by atoms with van der Waals surface area (Å²) in [6.45, 7) is 5.39. The second-order valence-corrected chi connectivity index (χ2v) is 6.67. The Morgan fingerprint density at radius 2 is 1.93 bits per heavy atom. The van der Waals surface area contributed by atoms with Crippen LogP contribution in [-0.4, -0.2) is 44.9 Å². The van der Waals surface area contributed by atoms with Gasteiger partial charge in [-0.25, -0.2) is 4.99 Å². The fraction of sp³-hybridized carbons (Fsp3) is 0.476. The van der Waals surface area contributed by atoms with Crippen molar-refractivity contribution in [2.75, 3.05) is 33.9 Å². The molecule has 0 aliphatic carbocycles. The van der Waals surface area contributed by atoms with E-state index in [0.29, 0.717) is 11.7 Å². The topological polar surface area (TPSA) is 88.3 Å². The Kier molecular flexibility index (Phi) is 10.9. The van der Waals surface area contributed by atoms with Crippen molar-refractivity contribution < 1.29 is 19.0 Å². The third-order valence-corrected chi connectivity index (χ3v) is 4.32. The third-order valence-electron chi connectivity index (χ3n) is 4.32. The molecule has 0 fully saturated rings. The molecule has 0 aliphatic rings. The molecule has 3 N–H and O–H groups in total. The highest BCUT2D eigenvalue weighted by molar-refractivity contribution is 14.0. The summed E-state index contributed by atoms with van der Waals surface area (Å²) in [5, 5.41) is 17.0. The number of aliphatic hydroxyl groups is 1. The van der Waals surface area contributed by atoms with Crippen LogP contribution < -0.4 is 20.1 Å². The molecule has 1 heterocycles. The van der Waals surface area contributed by atoms with Gasteiger partial charge in [0.1, 0.15) is 11.4 Å². The molecule has 162 valence electrons. The smallest absolute Gasteiger partial charge is 0.191 e. The first-order valence-corrected chi connectivity index (χ1v) is 9.49. The molecule has 0 saturated heterocycles. The first kappa shape index (κ1) is 25.1. The number of methoxy groups -OCH3 is 2. The number of hydrogen-bond acceptors (Lipinski definition) is 5. The van der Waals surface area contributed by atoms with Crippen LogP contribution in [0.4, 0.5) is 0 Å². The van der Waals surface area contributed by atoms with Crippen molar-refractivity contribution in [3.63, 3.8) is 0 Å². The van der Waals surface area contributed by atoms with E-state index < -0.39 is 5.60 Å². The largest absolute Gasteiger partial charge is 0.493 e. The number of aliphatic imine (C=N–C) groups is 1. The minimum atomic E-state index is -1.15. The van der Waals surface area contributed by atoms with Crippen LogP contribution in [-0.2, 0) is 12.0 Å². The average Bonchev–Trinajstić information content (AvgIpc) is 3.25. The Bertz CT molecular complexity index is 748. The second-order valence-electron chi connectivity index (χ2n) is 6.67. The molecular weight excluding hydrogens is 485 g/mol. The maximum Gasteiger partial charge on any atom is 0.191 e. The lowest BCUT2D eigenvalue weighted by Crippen LogP contribution is -2.39.